The molecule has 0 saturated heterocycles. The first-order valence-corrected chi connectivity index (χ1v) is 5.52. The van der Waals surface area contributed by atoms with E-state index in [0.717, 1.165) is 0 Å². The second-order valence-electron chi connectivity index (χ2n) is 3.88. The lowest BCUT2D eigenvalue weighted by Gasteiger charge is -2.22. The number of amides is 1. The zero-order valence-electron chi connectivity index (χ0n) is 10.3. The SMILES string of the molecule is CC(C)N(C(=O)c1nnc(C=O)o1)c1ncccn1. The fraction of sp³-hybridized carbons (Fsp3) is 0.273. The van der Waals surface area contributed by atoms with E-state index in [4.69, 9.17) is 4.42 Å². The molecule has 2 heterocycles. The normalized spacial score (nSPS) is 10.5. The molecule has 1 amide bonds. The quantitative estimate of drug-likeness (QED) is 0.747. The van der Waals surface area contributed by atoms with E-state index in [9.17, 15) is 9.59 Å². The number of carbonyl (C=O) groups is 2. The Morgan fingerprint density at radius 3 is 2.53 bits per heavy atom. The lowest BCUT2D eigenvalue weighted by molar-refractivity contribution is 0.0941. The van der Waals surface area contributed by atoms with Gasteiger partial charge in [0.15, 0.2) is 0 Å². The fourth-order valence-corrected chi connectivity index (χ4v) is 1.44. The molecule has 0 unspecified atom stereocenters. The Balaban J connectivity index is 2.34. The van der Waals surface area contributed by atoms with Crippen LogP contribution in [0.15, 0.2) is 22.9 Å². The van der Waals surface area contributed by atoms with Gasteiger partial charge in [0.1, 0.15) is 0 Å². The van der Waals surface area contributed by atoms with Crippen LogP contribution in [0.3, 0.4) is 0 Å². The van der Waals surface area contributed by atoms with Crippen molar-refractivity contribution in [3.63, 3.8) is 0 Å². The standard InChI is InChI=1S/C11H11N5O3/c1-7(2)16(11-12-4-3-5-13-11)10(18)9-15-14-8(6-17)19-9/h3-7H,1-2H3. The minimum atomic E-state index is -0.554. The molecule has 0 saturated carbocycles. The zero-order valence-corrected chi connectivity index (χ0v) is 10.3. The highest BCUT2D eigenvalue weighted by Crippen LogP contribution is 2.14. The number of aldehydes is 1. The maximum Gasteiger partial charge on any atom is 0.318 e. The summed E-state index contributed by atoms with van der Waals surface area (Å²) in [6.45, 7) is 3.59. The molecular weight excluding hydrogens is 250 g/mol. The van der Waals surface area contributed by atoms with Gasteiger partial charge in [-0.25, -0.2) is 9.97 Å². The number of hydrogen-bond donors (Lipinski definition) is 0. The van der Waals surface area contributed by atoms with Crippen LogP contribution >= 0.6 is 0 Å². The van der Waals surface area contributed by atoms with Crippen LogP contribution in [0.25, 0.3) is 0 Å². The Bertz CT molecular complexity index is 581. The minimum Gasteiger partial charge on any atom is -0.410 e. The summed E-state index contributed by atoms with van der Waals surface area (Å²) in [7, 11) is 0. The van der Waals surface area contributed by atoms with Gasteiger partial charge in [0.05, 0.1) is 0 Å². The van der Waals surface area contributed by atoms with E-state index >= 15 is 0 Å². The Morgan fingerprint density at radius 1 is 1.32 bits per heavy atom. The highest BCUT2D eigenvalue weighted by atomic mass is 16.4. The van der Waals surface area contributed by atoms with Gasteiger partial charge in [-0.3, -0.25) is 14.5 Å². The van der Waals surface area contributed by atoms with Gasteiger partial charge in [0, 0.05) is 18.4 Å². The summed E-state index contributed by atoms with van der Waals surface area (Å²) in [5.41, 5.74) is 0. The van der Waals surface area contributed by atoms with E-state index in [1.165, 1.54) is 17.3 Å². The van der Waals surface area contributed by atoms with Crippen molar-refractivity contribution in [3.8, 4) is 0 Å². The molecule has 0 N–H and O–H groups in total. The fourth-order valence-electron chi connectivity index (χ4n) is 1.44. The van der Waals surface area contributed by atoms with Gasteiger partial charge >= 0.3 is 11.8 Å². The van der Waals surface area contributed by atoms with Crippen LogP contribution in [-0.2, 0) is 0 Å². The molecule has 98 valence electrons. The van der Waals surface area contributed by atoms with Crippen molar-refractivity contribution in [2.45, 2.75) is 19.9 Å². The predicted octanol–water partition coefficient (Wildman–Crippen LogP) is 0.727. The smallest absolute Gasteiger partial charge is 0.318 e. The topological polar surface area (TPSA) is 102 Å². The first kappa shape index (κ1) is 12.8. The van der Waals surface area contributed by atoms with Gasteiger partial charge in [-0.05, 0) is 19.9 Å². The third-order valence-corrected chi connectivity index (χ3v) is 2.23. The molecule has 2 rings (SSSR count). The van der Waals surface area contributed by atoms with Crippen LogP contribution < -0.4 is 4.90 Å². The van der Waals surface area contributed by atoms with Gasteiger partial charge in [-0.2, -0.15) is 0 Å². The molecule has 8 nitrogen and oxygen atoms in total. The third kappa shape index (κ3) is 2.62. The Labute approximate surface area is 108 Å². The molecule has 19 heavy (non-hydrogen) atoms. The molecule has 0 fully saturated rings. The molecule has 8 heteroatoms. The Morgan fingerprint density at radius 2 is 2.00 bits per heavy atom. The van der Waals surface area contributed by atoms with Gasteiger partial charge < -0.3 is 4.42 Å². The molecule has 0 bridgehead atoms. The Kier molecular flexibility index (Phi) is 3.60. The van der Waals surface area contributed by atoms with E-state index < -0.39 is 5.91 Å². The summed E-state index contributed by atoms with van der Waals surface area (Å²) in [4.78, 5) is 32.0. The van der Waals surface area contributed by atoms with Crippen LogP contribution in [0, 0.1) is 0 Å². The lowest BCUT2D eigenvalue weighted by Crippen LogP contribution is -2.38. The van der Waals surface area contributed by atoms with Crippen LogP contribution in [-0.4, -0.2) is 38.4 Å². The summed E-state index contributed by atoms with van der Waals surface area (Å²) < 4.78 is 4.91. The molecular formula is C11H11N5O3. The van der Waals surface area contributed by atoms with Crippen LogP contribution in [0.2, 0.25) is 0 Å². The maximum atomic E-state index is 12.2. The second-order valence-corrected chi connectivity index (χ2v) is 3.88. The van der Waals surface area contributed by atoms with Gasteiger partial charge in [0.25, 0.3) is 5.89 Å². The molecule has 0 atom stereocenters. The molecule has 0 aliphatic rings. The van der Waals surface area contributed by atoms with E-state index in [1.807, 2.05) is 0 Å². The monoisotopic (exact) mass is 261 g/mol. The molecule has 0 aliphatic heterocycles. The number of nitrogens with zero attached hydrogens (tertiary/aromatic N) is 5. The van der Waals surface area contributed by atoms with E-state index in [-0.39, 0.29) is 23.8 Å². The van der Waals surface area contributed by atoms with Crippen molar-refractivity contribution < 1.29 is 14.0 Å². The van der Waals surface area contributed by atoms with Crippen molar-refractivity contribution in [3.05, 3.63) is 30.2 Å². The van der Waals surface area contributed by atoms with Gasteiger partial charge in [-0.1, -0.05) is 0 Å². The van der Waals surface area contributed by atoms with Crippen molar-refractivity contribution >= 4 is 18.1 Å². The van der Waals surface area contributed by atoms with Crippen molar-refractivity contribution in [1.82, 2.24) is 20.2 Å². The summed E-state index contributed by atoms with van der Waals surface area (Å²) in [6.07, 6.45) is 3.42. The first-order chi connectivity index (χ1) is 9.13. The number of aromatic nitrogens is 4. The number of rotatable bonds is 4. The average Bonchev–Trinajstić information content (AvgIpc) is 2.88. The first-order valence-electron chi connectivity index (χ1n) is 5.52. The summed E-state index contributed by atoms with van der Waals surface area (Å²) in [6, 6.07) is 1.44. The highest BCUT2D eigenvalue weighted by molar-refractivity contribution is 6.02. The second kappa shape index (κ2) is 5.34. The number of carbonyl (C=O) groups excluding carboxylic acids is 2. The molecule has 0 radical (unpaired) electrons. The summed E-state index contributed by atoms with van der Waals surface area (Å²) >= 11 is 0. The minimum absolute atomic E-state index is 0.207. The number of anilines is 1. The van der Waals surface area contributed by atoms with E-state index in [0.29, 0.717) is 6.29 Å². The molecule has 2 aromatic rings. The largest absolute Gasteiger partial charge is 0.410 e. The molecule has 0 spiro atoms. The highest BCUT2D eigenvalue weighted by Gasteiger charge is 2.27. The Hall–Kier alpha value is -2.64. The van der Waals surface area contributed by atoms with Crippen molar-refractivity contribution in [2.24, 2.45) is 0 Å². The lowest BCUT2D eigenvalue weighted by atomic mass is 10.3. The predicted molar refractivity (Wildman–Crippen MR) is 63.7 cm³/mol. The van der Waals surface area contributed by atoms with Crippen LogP contribution in [0.5, 0.6) is 0 Å². The third-order valence-electron chi connectivity index (χ3n) is 2.23. The molecule has 2 aromatic heterocycles. The van der Waals surface area contributed by atoms with Gasteiger partial charge in [0.2, 0.25) is 12.2 Å². The summed E-state index contributed by atoms with van der Waals surface area (Å²) in [5.74, 6) is -0.848. The van der Waals surface area contributed by atoms with Crippen molar-refractivity contribution in [1.29, 1.82) is 0 Å². The zero-order chi connectivity index (χ0) is 13.8. The number of hydrogen-bond acceptors (Lipinski definition) is 7. The van der Waals surface area contributed by atoms with E-state index in [2.05, 4.69) is 20.2 Å². The van der Waals surface area contributed by atoms with Crippen molar-refractivity contribution in [2.75, 3.05) is 4.90 Å². The van der Waals surface area contributed by atoms with E-state index in [1.54, 1.807) is 19.9 Å². The average molecular weight is 261 g/mol. The van der Waals surface area contributed by atoms with Crippen LogP contribution in [0.1, 0.15) is 35.2 Å². The molecule has 0 aliphatic carbocycles. The summed E-state index contributed by atoms with van der Waals surface area (Å²) in [5, 5.41) is 6.94. The maximum absolute atomic E-state index is 12.2. The molecule has 0 aromatic carbocycles. The van der Waals surface area contributed by atoms with Gasteiger partial charge in [-0.15, -0.1) is 10.2 Å². The van der Waals surface area contributed by atoms with Crippen LogP contribution in [0.4, 0.5) is 5.95 Å².